The summed E-state index contributed by atoms with van der Waals surface area (Å²) in [5, 5.41) is 1.90. The summed E-state index contributed by atoms with van der Waals surface area (Å²) in [5.74, 6) is -0.118. The van der Waals surface area contributed by atoms with E-state index in [0.717, 1.165) is 10.5 Å². The zero-order valence-corrected chi connectivity index (χ0v) is 13.5. The van der Waals surface area contributed by atoms with Crippen molar-refractivity contribution >= 4 is 27.8 Å². The molecule has 3 rings (SSSR count). The van der Waals surface area contributed by atoms with E-state index >= 15 is 0 Å². The van der Waals surface area contributed by atoms with Gasteiger partial charge in [0.2, 0.25) is 5.78 Å². The average molecular weight is 322 g/mol. The van der Waals surface area contributed by atoms with Crippen LogP contribution in [0.2, 0.25) is 0 Å². The highest BCUT2D eigenvalue weighted by Gasteiger charge is 2.19. The van der Waals surface area contributed by atoms with Crippen molar-refractivity contribution in [3.8, 4) is 11.3 Å². The van der Waals surface area contributed by atoms with Gasteiger partial charge in [0.25, 0.3) is 0 Å². The Balaban J connectivity index is 2.17. The Bertz CT molecular complexity index is 943. The summed E-state index contributed by atoms with van der Waals surface area (Å²) in [6.45, 7) is 7.15. The topological polar surface area (TPSA) is 42.0 Å². The van der Waals surface area contributed by atoms with E-state index in [2.05, 4.69) is 9.83 Å². The first kappa shape index (κ1) is 15.0. The van der Waals surface area contributed by atoms with E-state index in [-0.39, 0.29) is 5.78 Å². The number of nitrogens with zero attached hydrogens (tertiary/aromatic N) is 4. The Labute approximate surface area is 137 Å². The fraction of sp³-hybridized carbons (Fsp3) is 0.118. The van der Waals surface area contributed by atoms with E-state index < -0.39 is 0 Å². The molecule has 0 radical (unpaired) electrons. The number of aromatic nitrogens is 2. The lowest BCUT2D eigenvalue weighted by atomic mass is 10.1. The van der Waals surface area contributed by atoms with Gasteiger partial charge in [-0.15, -0.1) is 11.3 Å². The molecule has 2 aromatic heterocycles. The van der Waals surface area contributed by atoms with E-state index in [1.54, 1.807) is 28.8 Å². The molecule has 6 heteroatoms. The third-order valence-corrected chi connectivity index (χ3v) is 4.02. The monoisotopic (exact) mass is 322 g/mol. The number of hydrogen-bond donors (Lipinski definition) is 0. The number of allylic oxidation sites excluding steroid dienone is 1. The first-order chi connectivity index (χ1) is 11.1. The summed E-state index contributed by atoms with van der Waals surface area (Å²) >= 11 is 1.47. The number of ketones is 1. The highest BCUT2D eigenvalue weighted by Crippen LogP contribution is 2.29. The Morgan fingerprint density at radius 2 is 2.26 bits per heavy atom. The van der Waals surface area contributed by atoms with Crippen molar-refractivity contribution in [2.45, 2.75) is 0 Å². The maximum absolute atomic E-state index is 12.6. The molecule has 0 aliphatic rings. The summed E-state index contributed by atoms with van der Waals surface area (Å²) in [5.41, 5.74) is 2.43. The fourth-order valence-corrected chi connectivity index (χ4v) is 2.95. The Hall–Kier alpha value is -2.91. The summed E-state index contributed by atoms with van der Waals surface area (Å²) < 4.78 is 1.80. The molecule has 3 aromatic rings. The highest BCUT2D eigenvalue weighted by molar-refractivity contribution is 7.15. The third-order valence-electron chi connectivity index (χ3n) is 3.27. The molecule has 0 aliphatic carbocycles. The molecule has 0 amide bonds. The second-order valence-corrected chi connectivity index (χ2v) is 6.04. The van der Waals surface area contributed by atoms with Gasteiger partial charge in [0.1, 0.15) is 11.4 Å². The zero-order chi connectivity index (χ0) is 16.4. The smallest absolute Gasteiger partial charge is 0.206 e. The molecule has 0 fully saturated rings. The standard InChI is InChI=1S/C17H14N4OS/c1-18-13-6-4-5-12(11-13)15-16(14(22)7-8-20(2)3)21-9-10-23-17(21)19-15/h4-11H,2-3H3. The molecule has 5 nitrogen and oxygen atoms in total. The first-order valence-corrected chi connectivity index (χ1v) is 7.80. The van der Waals surface area contributed by atoms with E-state index in [4.69, 9.17) is 6.57 Å². The van der Waals surface area contributed by atoms with Gasteiger partial charge in [0.05, 0.1) is 6.57 Å². The number of thiazole rings is 1. The minimum atomic E-state index is -0.118. The lowest BCUT2D eigenvalue weighted by molar-refractivity contribution is 0.104. The summed E-state index contributed by atoms with van der Waals surface area (Å²) in [7, 11) is 3.72. The van der Waals surface area contributed by atoms with Gasteiger partial charge < -0.3 is 4.90 Å². The molecule has 0 unspecified atom stereocenters. The van der Waals surface area contributed by atoms with Gasteiger partial charge in [-0.1, -0.05) is 18.2 Å². The predicted molar refractivity (Wildman–Crippen MR) is 91.9 cm³/mol. The normalized spacial score (nSPS) is 11.0. The molecular weight excluding hydrogens is 308 g/mol. The van der Waals surface area contributed by atoms with Gasteiger partial charge in [-0.25, -0.2) is 9.83 Å². The van der Waals surface area contributed by atoms with Crippen LogP contribution in [0.3, 0.4) is 0 Å². The van der Waals surface area contributed by atoms with Crippen molar-refractivity contribution in [2.24, 2.45) is 0 Å². The second-order valence-electron chi connectivity index (χ2n) is 5.17. The van der Waals surface area contributed by atoms with Gasteiger partial charge >= 0.3 is 0 Å². The van der Waals surface area contributed by atoms with Crippen LogP contribution in [-0.2, 0) is 0 Å². The highest BCUT2D eigenvalue weighted by atomic mass is 32.1. The van der Waals surface area contributed by atoms with Crippen LogP contribution >= 0.6 is 11.3 Å². The minimum absolute atomic E-state index is 0.118. The predicted octanol–water partition coefficient (Wildman–Crippen LogP) is 3.87. The molecule has 2 heterocycles. The quantitative estimate of drug-likeness (QED) is 0.416. The number of benzene rings is 1. The van der Waals surface area contributed by atoms with E-state index in [9.17, 15) is 4.79 Å². The van der Waals surface area contributed by atoms with Crippen molar-refractivity contribution < 1.29 is 4.79 Å². The Kier molecular flexibility index (Phi) is 3.96. The van der Waals surface area contributed by atoms with Gasteiger partial charge in [-0.3, -0.25) is 9.20 Å². The molecule has 23 heavy (non-hydrogen) atoms. The molecule has 114 valence electrons. The first-order valence-electron chi connectivity index (χ1n) is 6.92. The van der Waals surface area contributed by atoms with Gasteiger partial charge in [0, 0.05) is 37.9 Å². The van der Waals surface area contributed by atoms with Crippen molar-refractivity contribution in [3.63, 3.8) is 0 Å². The van der Waals surface area contributed by atoms with Crippen LogP contribution in [0.1, 0.15) is 10.5 Å². The number of carbonyl (C=O) groups excluding carboxylic acids is 1. The van der Waals surface area contributed by atoms with E-state index in [1.807, 2.05) is 36.6 Å². The molecule has 0 atom stereocenters. The van der Waals surface area contributed by atoms with Gasteiger partial charge in [-0.05, 0) is 11.6 Å². The van der Waals surface area contributed by atoms with Crippen LogP contribution in [0.4, 0.5) is 5.69 Å². The number of fused-ring (bicyclic) bond motifs is 1. The zero-order valence-electron chi connectivity index (χ0n) is 12.7. The fourth-order valence-electron chi connectivity index (χ4n) is 2.24. The van der Waals surface area contributed by atoms with Crippen molar-refractivity contribution in [2.75, 3.05) is 14.1 Å². The molecule has 0 saturated carbocycles. The van der Waals surface area contributed by atoms with Gasteiger partial charge in [0.15, 0.2) is 10.6 Å². The molecule has 0 bridgehead atoms. The number of carbonyl (C=O) groups is 1. The van der Waals surface area contributed by atoms with Crippen LogP contribution < -0.4 is 0 Å². The average Bonchev–Trinajstić information content (AvgIpc) is 3.13. The van der Waals surface area contributed by atoms with E-state index in [0.29, 0.717) is 17.1 Å². The number of hydrogen-bond acceptors (Lipinski definition) is 4. The Morgan fingerprint density at radius 3 is 3.00 bits per heavy atom. The minimum Gasteiger partial charge on any atom is -0.383 e. The maximum Gasteiger partial charge on any atom is 0.206 e. The van der Waals surface area contributed by atoms with Crippen LogP contribution in [0.25, 0.3) is 21.1 Å². The molecule has 0 saturated heterocycles. The van der Waals surface area contributed by atoms with Crippen molar-refractivity contribution in [1.82, 2.24) is 14.3 Å². The SMILES string of the molecule is [C-]#[N+]c1cccc(-c2nc3sccn3c2C(=O)C=CN(C)C)c1. The molecular formula is C17H14N4OS. The lowest BCUT2D eigenvalue weighted by Gasteiger charge is -2.04. The summed E-state index contributed by atoms with van der Waals surface area (Å²) in [6, 6.07) is 7.17. The summed E-state index contributed by atoms with van der Waals surface area (Å²) in [4.78, 5) is 23.2. The molecule has 0 N–H and O–H groups in total. The summed E-state index contributed by atoms with van der Waals surface area (Å²) in [6.07, 6.45) is 5.09. The number of rotatable bonds is 4. The number of imidazole rings is 1. The van der Waals surface area contributed by atoms with Crippen LogP contribution in [-0.4, -0.2) is 34.2 Å². The van der Waals surface area contributed by atoms with E-state index in [1.165, 1.54) is 17.4 Å². The Morgan fingerprint density at radius 1 is 1.43 bits per heavy atom. The molecule has 1 aromatic carbocycles. The molecule has 0 spiro atoms. The van der Waals surface area contributed by atoms with Crippen molar-refractivity contribution in [1.29, 1.82) is 0 Å². The van der Waals surface area contributed by atoms with Gasteiger partial charge in [-0.2, -0.15) is 0 Å². The largest absolute Gasteiger partial charge is 0.383 e. The van der Waals surface area contributed by atoms with Crippen molar-refractivity contribution in [3.05, 3.63) is 65.2 Å². The third kappa shape index (κ3) is 2.87. The molecule has 0 aliphatic heterocycles. The second kappa shape index (κ2) is 6.07. The van der Waals surface area contributed by atoms with Crippen LogP contribution in [0, 0.1) is 6.57 Å². The maximum atomic E-state index is 12.6. The van der Waals surface area contributed by atoms with Crippen LogP contribution in [0.15, 0.2) is 48.1 Å². The van der Waals surface area contributed by atoms with Crippen LogP contribution in [0.5, 0.6) is 0 Å². The lowest BCUT2D eigenvalue weighted by Crippen LogP contribution is -2.05.